The molecule has 1 heterocycles. The van der Waals surface area contributed by atoms with Crippen LogP contribution in [-0.2, 0) is 9.53 Å². The second-order valence-corrected chi connectivity index (χ2v) is 10.3. The molecule has 6 nitrogen and oxygen atoms in total. The SMILES string of the molecule is CC.Cc1cccc(N)c1F.Cc1cccc(NC(=O)[C@@H]2[C@H]3CCC[C@H]3CN2C(=O)OC(C)(C)C)c1F. The van der Waals surface area contributed by atoms with Crippen LogP contribution in [0.5, 0.6) is 0 Å². The Bertz CT molecular complexity index is 1060. The van der Waals surface area contributed by atoms with E-state index in [2.05, 4.69) is 5.32 Å². The third-order valence-electron chi connectivity index (χ3n) is 6.46. The number of benzene rings is 2. The van der Waals surface area contributed by atoms with Gasteiger partial charge in [-0.15, -0.1) is 0 Å². The number of amides is 2. The molecule has 2 amide bonds. The zero-order valence-electron chi connectivity index (χ0n) is 23.0. The lowest BCUT2D eigenvalue weighted by atomic mass is 9.93. The van der Waals surface area contributed by atoms with Gasteiger partial charge in [0, 0.05) is 6.54 Å². The van der Waals surface area contributed by atoms with Crippen molar-refractivity contribution in [2.45, 2.75) is 79.4 Å². The average molecular weight is 518 g/mol. The number of likely N-dealkylation sites (tertiary alicyclic amines) is 1. The van der Waals surface area contributed by atoms with Crippen molar-refractivity contribution in [2.24, 2.45) is 11.8 Å². The van der Waals surface area contributed by atoms with Crippen LogP contribution in [0.2, 0.25) is 0 Å². The summed E-state index contributed by atoms with van der Waals surface area (Å²) >= 11 is 0. The first-order valence-corrected chi connectivity index (χ1v) is 12.9. The number of hydrogen-bond donors (Lipinski definition) is 2. The Balaban J connectivity index is 0.000000367. The molecule has 0 aromatic heterocycles. The highest BCUT2D eigenvalue weighted by atomic mass is 19.1. The molecule has 204 valence electrons. The number of anilines is 2. The van der Waals surface area contributed by atoms with Gasteiger partial charge in [0.15, 0.2) is 0 Å². The lowest BCUT2D eigenvalue weighted by Crippen LogP contribution is -2.47. The fourth-order valence-electron chi connectivity index (χ4n) is 4.77. The maximum absolute atomic E-state index is 14.3. The van der Waals surface area contributed by atoms with E-state index >= 15 is 0 Å². The molecule has 3 N–H and O–H groups in total. The van der Waals surface area contributed by atoms with Crippen molar-refractivity contribution in [1.82, 2.24) is 4.90 Å². The topological polar surface area (TPSA) is 84.7 Å². The molecule has 0 radical (unpaired) electrons. The van der Waals surface area contributed by atoms with Gasteiger partial charge in [-0.3, -0.25) is 9.69 Å². The summed E-state index contributed by atoms with van der Waals surface area (Å²) in [5.41, 5.74) is 6.05. The van der Waals surface area contributed by atoms with E-state index in [9.17, 15) is 18.4 Å². The molecule has 2 fully saturated rings. The highest BCUT2D eigenvalue weighted by Crippen LogP contribution is 2.43. The van der Waals surface area contributed by atoms with Crippen LogP contribution in [0.3, 0.4) is 0 Å². The molecule has 1 saturated heterocycles. The second-order valence-electron chi connectivity index (χ2n) is 10.3. The average Bonchev–Trinajstić information content (AvgIpc) is 3.42. The maximum Gasteiger partial charge on any atom is 0.410 e. The number of nitrogens with zero attached hydrogens (tertiary/aromatic N) is 1. The van der Waals surface area contributed by atoms with Gasteiger partial charge in [0.2, 0.25) is 5.91 Å². The fourth-order valence-corrected chi connectivity index (χ4v) is 4.77. The standard InChI is InChI=1S/C20H27FN2O3.C7H8FN.C2H6/c1-12-7-5-10-15(16(12)21)22-18(24)17-14-9-6-8-13(14)11-23(17)19(25)26-20(2,3)4;1-5-3-2-4-6(9)7(5)8;1-2/h5,7,10,13-14,17H,6,8-9,11H2,1-4H3,(H,22,24);2-4H,9H2,1H3;1-2H3/t13-,14-,17-;;/m0../s1. The van der Waals surface area contributed by atoms with Crippen LogP contribution in [0, 0.1) is 37.3 Å². The summed E-state index contributed by atoms with van der Waals surface area (Å²) in [6, 6.07) is 9.24. The van der Waals surface area contributed by atoms with Gasteiger partial charge >= 0.3 is 6.09 Å². The minimum Gasteiger partial charge on any atom is -0.444 e. The Morgan fingerprint density at radius 2 is 1.59 bits per heavy atom. The molecule has 2 aliphatic rings. The van der Waals surface area contributed by atoms with Crippen LogP contribution in [-0.4, -0.2) is 35.1 Å². The number of fused-ring (bicyclic) bond motifs is 1. The Morgan fingerprint density at radius 3 is 2.16 bits per heavy atom. The van der Waals surface area contributed by atoms with Crippen LogP contribution in [0.4, 0.5) is 25.0 Å². The zero-order valence-corrected chi connectivity index (χ0v) is 23.0. The summed E-state index contributed by atoms with van der Waals surface area (Å²) in [4.78, 5) is 27.1. The summed E-state index contributed by atoms with van der Waals surface area (Å²) in [7, 11) is 0. The fraction of sp³-hybridized carbons (Fsp3) is 0.517. The van der Waals surface area contributed by atoms with Crippen molar-refractivity contribution in [3.05, 3.63) is 59.2 Å². The number of nitrogens with two attached hydrogens (primary N) is 1. The van der Waals surface area contributed by atoms with Crippen molar-refractivity contribution in [2.75, 3.05) is 17.6 Å². The van der Waals surface area contributed by atoms with Crippen molar-refractivity contribution >= 4 is 23.4 Å². The molecule has 0 spiro atoms. The van der Waals surface area contributed by atoms with Crippen LogP contribution in [0.1, 0.15) is 65.0 Å². The predicted octanol–water partition coefficient (Wildman–Crippen LogP) is 6.85. The third-order valence-corrected chi connectivity index (χ3v) is 6.46. The number of aryl methyl sites for hydroxylation is 2. The van der Waals surface area contributed by atoms with Gasteiger partial charge in [-0.05, 0) is 82.6 Å². The second kappa shape index (κ2) is 12.9. The van der Waals surface area contributed by atoms with E-state index in [1.807, 2.05) is 13.8 Å². The van der Waals surface area contributed by atoms with E-state index in [-0.39, 0.29) is 29.0 Å². The highest BCUT2D eigenvalue weighted by Gasteiger charge is 2.50. The number of nitrogens with one attached hydrogen (secondary N) is 1. The molecule has 1 saturated carbocycles. The maximum atomic E-state index is 14.3. The normalized spacial score (nSPS) is 20.1. The smallest absolute Gasteiger partial charge is 0.410 e. The molecular weight excluding hydrogens is 476 g/mol. The monoisotopic (exact) mass is 517 g/mol. The molecule has 0 unspecified atom stereocenters. The Kier molecular flexibility index (Phi) is 10.5. The first-order valence-electron chi connectivity index (χ1n) is 12.9. The summed E-state index contributed by atoms with van der Waals surface area (Å²) in [6.45, 7) is 13.3. The van der Waals surface area contributed by atoms with Gasteiger partial charge in [-0.25, -0.2) is 13.6 Å². The quantitative estimate of drug-likeness (QED) is 0.427. The molecular formula is C29H41F2N3O3. The molecule has 37 heavy (non-hydrogen) atoms. The molecule has 1 aliphatic carbocycles. The minimum atomic E-state index is -0.627. The van der Waals surface area contributed by atoms with Crippen molar-refractivity contribution in [1.29, 1.82) is 0 Å². The largest absolute Gasteiger partial charge is 0.444 e. The van der Waals surface area contributed by atoms with Gasteiger partial charge in [0.05, 0.1) is 11.4 Å². The van der Waals surface area contributed by atoms with Gasteiger partial charge in [0.1, 0.15) is 23.3 Å². The Morgan fingerprint density at radius 1 is 1.00 bits per heavy atom. The molecule has 4 rings (SSSR count). The van der Waals surface area contributed by atoms with E-state index < -0.39 is 23.6 Å². The number of carbonyl (C=O) groups excluding carboxylic acids is 2. The van der Waals surface area contributed by atoms with E-state index in [4.69, 9.17) is 10.5 Å². The first kappa shape index (κ1) is 30.1. The number of rotatable bonds is 2. The Hall–Kier alpha value is -3.16. The molecule has 8 heteroatoms. The number of halogens is 2. The molecule has 2 aromatic carbocycles. The van der Waals surface area contributed by atoms with Crippen LogP contribution in [0.25, 0.3) is 0 Å². The predicted molar refractivity (Wildman–Crippen MR) is 144 cm³/mol. The van der Waals surface area contributed by atoms with E-state index in [1.54, 1.807) is 71.0 Å². The third kappa shape index (κ3) is 7.66. The lowest BCUT2D eigenvalue weighted by molar-refractivity contribution is -0.121. The van der Waals surface area contributed by atoms with Crippen LogP contribution >= 0.6 is 0 Å². The van der Waals surface area contributed by atoms with Crippen LogP contribution in [0.15, 0.2) is 36.4 Å². The summed E-state index contributed by atoms with van der Waals surface area (Å²) in [5, 5.41) is 2.69. The van der Waals surface area contributed by atoms with Crippen LogP contribution < -0.4 is 11.1 Å². The van der Waals surface area contributed by atoms with E-state index in [0.29, 0.717) is 23.6 Å². The molecule has 2 aromatic rings. The summed E-state index contributed by atoms with van der Waals surface area (Å²) in [5.74, 6) is -0.672. The van der Waals surface area contributed by atoms with E-state index in [1.165, 1.54) is 4.90 Å². The lowest BCUT2D eigenvalue weighted by Gasteiger charge is -2.29. The summed E-state index contributed by atoms with van der Waals surface area (Å²) < 4.78 is 32.4. The first-order chi connectivity index (χ1) is 17.4. The number of ether oxygens (including phenoxy) is 1. The zero-order chi connectivity index (χ0) is 27.9. The molecule has 0 bridgehead atoms. The van der Waals surface area contributed by atoms with Gasteiger partial charge in [-0.1, -0.05) is 44.5 Å². The molecule has 1 aliphatic heterocycles. The highest BCUT2D eigenvalue weighted by molar-refractivity contribution is 5.97. The van der Waals surface area contributed by atoms with Gasteiger partial charge < -0.3 is 15.8 Å². The van der Waals surface area contributed by atoms with Crippen molar-refractivity contribution in [3.63, 3.8) is 0 Å². The van der Waals surface area contributed by atoms with Crippen molar-refractivity contribution < 1.29 is 23.1 Å². The minimum absolute atomic E-state index is 0.107. The van der Waals surface area contributed by atoms with Gasteiger partial charge in [0.25, 0.3) is 0 Å². The number of hydrogen-bond acceptors (Lipinski definition) is 4. The summed E-state index contributed by atoms with van der Waals surface area (Å²) in [6.07, 6.45) is 2.49. The van der Waals surface area contributed by atoms with E-state index in [0.717, 1.165) is 19.3 Å². The van der Waals surface area contributed by atoms with Crippen molar-refractivity contribution in [3.8, 4) is 0 Å². The molecule has 3 atom stereocenters. The van der Waals surface area contributed by atoms with Gasteiger partial charge in [-0.2, -0.15) is 0 Å². The number of carbonyl (C=O) groups is 2. The number of nitrogen functional groups attached to an aromatic ring is 1. The Labute approximate surface area is 219 Å².